The average Bonchev–Trinajstić information content (AvgIpc) is 2.39. The van der Waals surface area contributed by atoms with Gasteiger partial charge in [-0.25, -0.2) is 4.39 Å². The van der Waals surface area contributed by atoms with Gasteiger partial charge in [0.25, 0.3) is 5.91 Å². The summed E-state index contributed by atoms with van der Waals surface area (Å²) in [5.74, 6) is -0.449. The number of halogens is 1. The lowest BCUT2D eigenvalue weighted by atomic mass is 10.1. The van der Waals surface area contributed by atoms with E-state index in [-0.39, 0.29) is 17.8 Å². The van der Waals surface area contributed by atoms with Crippen LogP contribution in [0.5, 0.6) is 0 Å². The number of ether oxygens (including phenoxy) is 1. The van der Waals surface area contributed by atoms with Gasteiger partial charge in [-0.2, -0.15) is 0 Å². The molecule has 0 saturated carbocycles. The maximum atomic E-state index is 12.7. The molecule has 1 aliphatic rings. The summed E-state index contributed by atoms with van der Waals surface area (Å²) < 4.78 is 18.1. The number of hydrogen-bond donors (Lipinski definition) is 1. The lowest BCUT2D eigenvalue weighted by molar-refractivity contribution is -0.0167. The first-order valence-corrected chi connectivity index (χ1v) is 5.57. The van der Waals surface area contributed by atoms with Crippen LogP contribution in [-0.4, -0.2) is 43.2 Å². The molecule has 1 heterocycles. The van der Waals surface area contributed by atoms with Gasteiger partial charge < -0.3 is 15.4 Å². The van der Waals surface area contributed by atoms with Crippen LogP contribution >= 0.6 is 0 Å². The monoisotopic (exact) mass is 238 g/mol. The smallest absolute Gasteiger partial charge is 0.254 e. The van der Waals surface area contributed by atoms with Crippen LogP contribution in [0.1, 0.15) is 10.4 Å². The van der Waals surface area contributed by atoms with E-state index < -0.39 is 0 Å². The van der Waals surface area contributed by atoms with E-state index in [2.05, 4.69) is 0 Å². The maximum Gasteiger partial charge on any atom is 0.254 e. The van der Waals surface area contributed by atoms with Crippen molar-refractivity contribution in [1.29, 1.82) is 0 Å². The molecular weight excluding hydrogens is 223 g/mol. The van der Waals surface area contributed by atoms with Crippen molar-refractivity contribution < 1.29 is 13.9 Å². The minimum atomic E-state index is -0.344. The molecule has 5 heteroatoms. The van der Waals surface area contributed by atoms with Gasteiger partial charge in [-0.1, -0.05) is 0 Å². The zero-order valence-corrected chi connectivity index (χ0v) is 9.43. The fourth-order valence-corrected chi connectivity index (χ4v) is 1.82. The molecule has 92 valence electrons. The van der Waals surface area contributed by atoms with Crippen molar-refractivity contribution >= 4 is 5.91 Å². The summed E-state index contributed by atoms with van der Waals surface area (Å²) in [7, 11) is 0. The Labute approximate surface area is 99.2 Å². The van der Waals surface area contributed by atoms with Crippen molar-refractivity contribution in [3.8, 4) is 0 Å². The van der Waals surface area contributed by atoms with Crippen molar-refractivity contribution in [2.45, 2.75) is 6.10 Å². The van der Waals surface area contributed by atoms with Crippen LogP contribution in [0.15, 0.2) is 24.3 Å². The quantitative estimate of drug-likeness (QED) is 0.822. The molecule has 1 saturated heterocycles. The van der Waals surface area contributed by atoms with Crippen LogP contribution < -0.4 is 5.73 Å². The Morgan fingerprint density at radius 2 is 2.18 bits per heavy atom. The Morgan fingerprint density at radius 1 is 1.47 bits per heavy atom. The molecule has 1 fully saturated rings. The maximum absolute atomic E-state index is 12.7. The molecule has 4 nitrogen and oxygen atoms in total. The van der Waals surface area contributed by atoms with E-state index in [9.17, 15) is 9.18 Å². The van der Waals surface area contributed by atoms with Gasteiger partial charge in [0.2, 0.25) is 0 Å². The second-order valence-corrected chi connectivity index (χ2v) is 3.99. The number of amides is 1. The molecule has 1 aromatic carbocycles. The molecule has 0 spiro atoms. The highest BCUT2D eigenvalue weighted by molar-refractivity contribution is 5.94. The van der Waals surface area contributed by atoms with Gasteiger partial charge >= 0.3 is 0 Å². The summed E-state index contributed by atoms with van der Waals surface area (Å²) >= 11 is 0. The number of benzene rings is 1. The number of morpholine rings is 1. The fraction of sp³-hybridized carbons (Fsp3) is 0.417. The van der Waals surface area contributed by atoms with Crippen LogP contribution in [0, 0.1) is 5.82 Å². The summed E-state index contributed by atoms with van der Waals surface area (Å²) in [6, 6.07) is 5.55. The van der Waals surface area contributed by atoms with Gasteiger partial charge in [-0.15, -0.1) is 0 Å². The third-order valence-corrected chi connectivity index (χ3v) is 2.78. The Balaban J connectivity index is 2.06. The van der Waals surface area contributed by atoms with Crippen molar-refractivity contribution in [2.75, 3.05) is 26.2 Å². The third kappa shape index (κ3) is 2.81. The average molecular weight is 238 g/mol. The lowest BCUT2D eigenvalue weighted by Crippen LogP contribution is -2.48. The summed E-state index contributed by atoms with van der Waals surface area (Å²) in [6.07, 6.45) is -0.104. The van der Waals surface area contributed by atoms with Crippen LogP contribution in [-0.2, 0) is 4.74 Å². The Hall–Kier alpha value is -1.46. The molecule has 2 N–H and O–H groups in total. The zero-order valence-electron chi connectivity index (χ0n) is 9.43. The summed E-state index contributed by atoms with van der Waals surface area (Å²) in [5.41, 5.74) is 6.00. The van der Waals surface area contributed by atoms with Crippen molar-refractivity contribution in [1.82, 2.24) is 4.90 Å². The molecule has 1 aromatic rings. The minimum Gasteiger partial charge on any atom is -0.373 e. The Bertz CT molecular complexity index is 394. The standard InChI is InChI=1S/C12H15FN2O2/c13-10-3-1-9(2-4-10)12(16)15-5-6-17-11(7-14)8-15/h1-4,11H,5-8,14H2/t11-/m0/s1. The topological polar surface area (TPSA) is 55.6 Å². The molecule has 1 aliphatic heterocycles. The number of hydrogen-bond acceptors (Lipinski definition) is 3. The number of nitrogens with two attached hydrogens (primary N) is 1. The van der Waals surface area contributed by atoms with Crippen molar-refractivity contribution in [2.24, 2.45) is 5.73 Å². The summed E-state index contributed by atoms with van der Waals surface area (Å²) in [5, 5.41) is 0. The van der Waals surface area contributed by atoms with E-state index in [4.69, 9.17) is 10.5 Å². The van der Waals surface area contributed by atoms with E-state index in [0.29, 0.717) is 31.8 Å². The van der Waals surface area contributed by atoms with Crippen molar-refractivity contribution in [3.05, 3.63) is 35.6 Å². The first kappa shape index (κ1) is 12.0. The second kappa shape index (κ2) is 5.25. The molecule has 0 unspecified atom stereocenters. The summed E-state index contributed by atoms with van der Waals surface area (Å²) in [4.78, 5) is 13.8. The Morgan fingerprint density at radius 3 is 2.82 bits per heavy atom. The highest BCUT2D eigenvalue weighted by Crippen LogP contribution is 2.11. The molecular formula is C12H15FN2O2. The molecule has 0 bridgehead atoms. The van der Waals surface area contributed by atoms with Gasteiger partial charge in [0, 0.05) is 25.2 Å². The zero-order chi connectivity index (χ0) is 12.3. The number of carbonyl (C=O) groups is 1. The number of rotatable bonds is 2. The van der Waals surface area contributed by atoms with Gasteiger partial charge in [0.05, 0.1) is 12.7 Å². The number of carbonyl (C=O) groups excluding carboxylic acids is 1. The van der Waals surface area contributed by atoms with E-state index in [1.54, 1.807) is 4.90 Å². The van der Waals surface area contributed by atoms with Gasteiger partial charge in [-0.05, 0) is 24.3 Å². The second-order valence-electron chi connectivity index (χ2n) is 3.99. The molecule has 1 atom stereocenters. The first-order valence-electron chi connectivity index (χ1n) is 5.57. The van der Waals surface area contributed by atoms with E-state index in [1.165, 1.54) is 24.3 Å². The van der Waals surface area contributed by atoms with Crippen LogP contribution in [0.2, 0.25) is 0 Å². The van der Waals surface area contributed by atoms with Gasteiger partial charge in [-0.3, -0.25) is 4.79 Å². The highest BCUT2D eigenvalue weighted by Gasteiger charge is 2.23. The minimum absolute atomic E-state index is 0.104. The summed E-state index contributed by atoms with van der Waals surface area (Å²) in [6.45, 7) is 1.93. The molecule has 0 radical (unpaired) electrons. The number of nitrogens with zero attached hydrogens (tertiary/aromatic N) is 1. The van der Waals surface area contributed by atoms with Crippen molar-refractivity contribution in [3.63, 3.8) is 0 Å². The van der Waals surface area contributed by atoms with E-state index >= 15 is 0 Å². The molecule has 0 aliphatic carbocycles. The SMILES string of the molecule is NC[C@H]1CN(C(=O)c2ccc(F)cc2)CCO1. The van der Waals surface area contributed by atoms with Gasteiger partial charge in [0.15, 0.2) is 0 Å². The third-order valence-electron chi connectivity index (χ3n) is 2.78. The first-order chi connectivity index (χ1) is 8.20. The molecule has 1 amide bonds. The molecule has 0 aromatic heterocycles. The largest absolute Gasteiger partial charge is 0.373 e. The van der Waals surface area contributed by atoms with Crippen LogP contribution in [0.25, 0.3) is 0 Å². The van der Waals surface area contributed by atoms with E-state index in [0.717, 1.165) is 0 Å². The highest BCUT2D eigenvalue weighted by atomic mass is 19.1. The van der Waals surface area contributed by atoms with Gasteiger partial charge in [0.1, 0.15) is 5.82 Å². The molecule has 2 rings (SSSR count). The fourth-order valence-electron chi connectivity index (χ4n) is 1.82. The Kier molecular flexibility index (Phi) is 3.71. The lowest BCUT2D eigenvalue weighted by Gasteiger charge is -2.32. The van der Waals surface area contributed by atoms with Crippen LogP contribution in [0.3, 0.4) is 0 Å². The normalized spacial score (nSPS) is 20.4. The predicted octanol–water partition coefficient (Wildman–Crippen LogP) is 0.625. The molecule has 17 heavy (non-hydrogen) atoms. The van der Waals surface area contributed by atoms with E-state index in [1.807, 2.05) is 0 Å². The predicted molar refractivity (Wildman–Crippen MR) is 61.1 cm³/mol. The van der Waals surface area contributed by atoms with Crippen LogP contribution in [0.4, 0.5) is 4.39 Å².